The molecule has 0 aliphatic carbocycles. The van der Waals surface area contributed by atoms with Crippen molar-refractivity contribution in [2.24, 2.45) is 0 Å². The van der Waals surface area contributed by atoms with Crippen molar-refractivity contribution in [3.8, 4) is 0 Å². The maximum Gasteiger partial charge on any atom is 0.0625 e. The summed E-state index contributed by atoms with van der Waals surface area (Å²) in [6.45, 7) is 5.24. The molecule has 0 spiro atoms. The minimum atomic E-state index is 0.364. The number of nitrogens with one attached hydrogen (secondary N) is 1. The summed E-state index contributed by atoms with van der Waals surface area (Å²) < 4.78 is 2.13. The van der Waals surface area contributed by atoms with Crippen molar-refractivity contribution in [3.05, 3.63) is 53.3 Å². The third-order valence-corrected chi connectivity index (χ3v) is 3.79. The highest BCUT2D eigenvalue weighted by molar-refractivity contribution is 5.18. The van der Waals surface area contributed by atoms with Crippen LogP contribution >= 0.6 is 0 Å². The van der Waals surface area contributed by atoms with Crippen LogP contribution in [0.3, 0.4) is 0 Å². The smallest absolute Gasteiger partial charge is 0.0625 e. The first kappa shape index (κ1) is 14.8. The monoisotopic (exact) mass is 271 g/mol. The van der Waals surface area contributed by atoms with Gasteiger partial charge in [0.2, 0.25) is 0 Å². The van der Waals surface area contributed by atoms with Crippen LogP contribution in [0.2, 0.25) is 0 Å². The molecule has 0 aliphatic heterocycles. The fourth-order valence-corrected chi connectivity index (χ4v) is 2.59. The molecule has 1 aromatic carbocycles. The van der Waals surface area contributed by atoms with Gasteiger partial charge in [-0.25, -0.2) is 0 Å². The zero-order chi connectivity index (χ0) is 14.4. The Labute approximate surface area is 122 Å². The number of nitrogens with zero attached hydrogens (tertiary/aromatic N) is 2. The summed E-state index contributed by atoms with van der Waals surface area (Å²) in [5.41, 5.74) is 3.88. The number of rotatable bonds is 7. The van der Waals surface area contributed by atoms with Gasteiger partial charge in [0.15, 0.2) is 0 Å². The average Bonchev–Trinajstić information content (AvgIpc) is 2.92. The molecule has 1 heterocycles. The molecule has 3 heteroatoms. The average molecular weight is 271 g/mol. The van der Waals surface area contributed by atoms with Crippen molar-refractivity contribution in [1.29, 1.82) is 0 Å². The number of aryl methyl sites for hydroxylation is 3. The molecule has 2 aromatic rings. The van der Waals surface area contributed by atoms with E-state index in [4.69, 9.17) is 0 Å². The molecular formula is C17H25N3. The topological polar surface area (TPSA) is 29.9 Å². The second-order valence-corrected chi connectivity index (χ2v) is 5.10. The van der Waals surface area contributed by atoms with Gasteiger partial charge in [0.05, 0.1) is 11.4 Å². The molecule has 20 heavy (non-hydrogen) atoms. The van der Waals surface area contributed by atoms with Crippen LogP contribution < -0.4 is 5.32 Å². The number of hydrogen-bond donors (Lipinski definition) is 1. The standard InChI is InChI=1S/C17H25N3/c1-4-15-13-17(20(5-2)19-15)16(18-3)12-11-14-9-7-6-8-10-14/h6-10,13,16,18H,4-5,11-12H2,1-3H3. The quantitative estimate of drug-likeness (QED) is 0.837. The highest BCUT2D eigenvalue weighted by Crippen LogP contribution is 2.20. The predicted molar refractivity (Wildman–Crippen MR) is 83.8 cm³/mol. The molecule has 0 radical (unpaired) electrons. The van der Waals surface area contributed by atoms with E-state index in [1.165, 1.54) is 17.0 Å². The van der Waals surface area contributed by atoms with E-state index in [1.54, 1.807) is 0 Å². The van der Waals surface area contributed by atoms with E-state index < -0.39 is 0 Å². The van der Waals surface area contributed by atoms with Gasteiger partial charge >= 0.3 is 0 Å². The second kappa shape index (κ2) is 7.25. The zero-order valence-corrected chi connectivity index (χ0v) is 12.8. The van der Waals surface area contributed by atoms with Crippen LogP contribution in [-0.2, 0) is 19.4 Å². The summed E-state index contributed by atoms with van der Waals surface area (Å²) in [5, 5.41) is 8.09. The van der Waals surface area contributed by atoms with Gasteiger partial charge in [0.25, 0.3) is 0 Å². The van der Waals surface area contributed by atoms with Gasteiger partial charge in [0.1, 0.15) is 0 Å². The van der Waals surface area contributed by atoms with Crippen LogP contribution in [0.25, 0.3) is 0 Å². The number of aromatic nitrogens is 2. The summed E-state index contributed by atoms with van der Waals surface area (Å²) in [6.07, 6.45) is 3.17. The van der Waals surface area contributed by atoms with Crippen molar-refractivity contribution < 1.29 is 0 Å². The second-order valence-electron chi connectivity index (χ2n) is 5.10. The Bertz CT molecular complexity index is 516. The van der Waals surface area contributed by atoms with Crippen LogP contribution in [0, 0.1) is 0 Å². The molecule has 108 valence electrons. The fourth-order valence-electron chi connectivity index (χ4n) is 2.59. The third-order valence-electron chi connectivity index (χ3n) is 3.79. The first-order chi connectivity index (χ1) is 9.78. The Hall–Kier alpha value is -1.61. The van der Waals surface area contributed by atoms with E-state index in [1.807, 2.05) is 7.05 Å². The lowest BCUT2D eigenvalue weighted by atomic mass is 10.0. The zero-order valence-electron chi connectivity index (χ0n) is 12.8. The Morgan fingerprint density at radius 3 is 2.55 bits per heavy atom. The predicted octanol–water partition coefficient (Wildman–Crippen LogP) is 3.36. The van der Waals surface area contributed by atoms with Crippen molar-refractivity contribution >= 4 is 0 Å². The number of hydrogen-bond acceptors (Lipinski definition) is 2. The van der Waals surface area contributed by atoms with Gasteiger partial charge in [-0.15, -0.1) is 0 Å². The largest absolute Gasteiger partial charge is 0.312 e. The van der Waals surface area contributed by atoms with E-state index in [0.717, 1.165) is 25.8 Å². The summed E-state index contributed by atoms with van der Waals surface area (Å²) in [5.74, 6) is 0. The van der Waals surface area contributed by atoms with E-state index in [9.17, 15) is 0 Å². The van der Waals surface area contributed by atoms with E-state index in [0.29, 0.717) is 6.04 Å². The molecule has 0 amide bonds. The van der Waals surface area contributed by atoms with Gasteiger partial charge in [0, 0.05) is 12.6 Å². The van der Waals surface area contributed by atoms with Gasteiger partial charge in [-0.2, -0.15) is 5.10 Å². The minimum absolute atomic E-state index is 0.364. The maximum absolute atomic E-state index is 4.65. The van der Waals surface area contributed by atoms with Crippen LogP contribution in [0.15, 0.2) is 36.4 Å². The summed E-state index contributed by atoms with van der Waals surface area (Å²) >= 11 is 0. The lowest BCUT2D eigenvalue weighted by molar-refractivity contribution is 0.488. The van der Waals surface area contributed by atoms with Gasteiger partial charge < -0.3 is 5.32 Å². The SMILES string of the molecule is CCc1cc(C(CCc2ccccc2)NC)n(CC)n1. The third kappa shape index (κ3) is 3.48. The molecule has 0 fully saturated rings. The molecule has 2 rings (SSSR count). The van der Waals surface area contributed by atoms with Crippen molar-refractivity contribution in [2.45, 2.75) is 45.7 Å². The molecule has 0 saturated heterocycles. The van der Waals surface area contributed by atoms with Crippen LogP contribution in [0.4, 0.5) is 0 Å². The van der Waals surface area contributed by atoms with Crippen molar-refractivity contribution in [1.82, 2.24) is 15.1 Å². The normalized spacial score (nSPS) is 12.6. The van der Waals surface area contributed by atoms with Crippen LogP contribution in [0.5, 0.6) is 0 Å². The van der Waals surface area contributed by atoms with Gasteiger partial charge in [-0.05, 0) is 44.9 Å². The molecule has 1 atom stereocenters. The lowest BCUT2D eigenvalue weighted by Gasteiger charge is -2.17. The summed E-state index contributed by atoms with van der Waals surface area (Å²) in [6, 6.07) is 13.3. The van der Waals surface area contributed by atoms with Gasteiger partial charge in [-0.1, -0.05) is 37.3 Å². The molecule has 1 unspecified atom stereocenters. The maximum atomic E-state index is 4.65. The van der Waals surface area contributed by atoms with E-state index in [2.05, 4.69) is 65.3 Å². The minimum Gasteiger partial charge on any atom is -0.312 e. The van der Waals surface area contributed by atoms with Crippen LogP contribution in [-0.4, -0.2) is 16.8 Å². The molecular weight excluding hydrogens is 246 g/mol. The molecule has 0 aliphatic rings. The Balaban J connectivity index is 2.09. The highest BCUT2D eigenvalue weighted by Gasteiger charge is 2.15. The first-order valence-electron chi connectivity index (χ1n) is 7.56. The lowest BCUT2D eigenvalue weighted by Crippen LogP contribution is -2.20. The highest BCUT2D eigenvalue weighted by atomic mass is 15.3. The van der Waals surface area contributed by atoms with E-state index in [-0.39, 0.29) is 0 Å². The Morgan fingerprint density at radius 1 is 1.20 bits per heavy atom. The fraction of sp³-hybridized carbons (Fsp3) is 0.471. The Morgan fingerprint density at radius 2 is 1.95 bits per heavy atom. The van der Waals surface area contributed by atoms with Crippen LogP contribution in [0.1, 0.15) is 43.3 Å². The summed E-state index contributed by atoms with van der Waals surface area (Å²) in [7, 11) is 2.04. The van der Waals surface area contributed by atoms with Gasteiger partial charge in [-0.3, -0.25) is 4.68 Å². The molecule has 0 bridgehead atoms. The van der Waals surface area contributed by atoms with Crippen molar-refractivity contribution in [2.75, 3.05) is 7.05 Å². The van der Waals surface area contributed by atoms with E-state index >= 15 is 0 Å². The first-order valence-corrected chi connectivity index (χ1v) is 7.56. The summed E-state index contributed by atoms with van der Waals surface area (Å²) in [4.78, 5) is 0. The molecule has 1 aromatic heterocycles. The molecule has 3 nitrogen and oxygen atoms in total. The number of benzene rings is 1. The van der Waals surface area contributed by atoms with Crippen molar-refractivity contribution in [3.63, 3.8) is 0 Å². The molecule has 1 N–H and O–H groups in total. The Kier molecular flexibility index (Phi) is 5.36. The molecule has 0 saturated carbocycles.